The van der Waals surface area contributed by atoms with Crippen LogP contribution in [0.1, 0.15) is 5.56 Å². The van der Waals surface area contributed by atoms with Crippen LogP contribution in [0.25, 0.3) is 11.1 Å². The molecule has 0 radical (unpaired) electrons. The molecule has 0 aliphatic carbocycles. The van der Waals surface area contributed by atoms with Gasteiger partial charge in [0.05, 0.1) is 11.6 Å². The molecule has 0 unspecified atom stereocenters. The van der Waals surface area contributed by atoms with Crippen LogP contribution < -0.4 is 4.74 Å². The Kier molecular flexibility index (Phi) is 5.58. The van der Waals surface area contributed by atoms with Crippen molar-refractivity contribution in [3.63, 3.8) is 0 Å². The molecule has 100 valence electrons. The SMILES string of the molecule is COc1cc(-c2cc(C)c(Br)cc2I)c(I)cc1Br. The minimum atomic E-state index is 0.854. The molecule has 0 saturated carbocycles. The average Bonchev–Trinajstić information content (AvgIpc) is 2.35. The Bertz CT molecular complexity index is 642. The van der Waals surface area contributed by atoms with Gasteiger partial charge in [-0.2, -0.15) is 0 Å². The van der Waals surface area contributed by atoms with Crippen LogP contribution in [-0.2, 0) is 0 Å². The van der Waals surface area contributed by atoms with Gasteiger partial charge in [0.2, 0.25) is 0 Å². The lowest BCUT2D eigenvalue weighted by Crippen LogP contribution is -1.92. The Labute approximate surface area is 157 Å². The molecule has 0 saturated heterocycles. The summed E-state index contributed by atoms with van der Waals surface area (Å²) in [6, 6.07) is 8.52. The molecule has 0 spiro atoms. The fourth-order valence-corrected chi connectivity index (χ4v) is 4.98. The minimum Gasteiger partial charge on any atom is -0.496 e. The van der Waals surface area contributed by atoms with Crippen molar-refractivity contribution in [2.45, 2.75) is 6.92 Å². The molecule has 0 atom stereocenters. The van der Waals surface area contributed by atoms with Crippen LogP contribution in [0.5, 0.6) is 5.75 Å². The van der Waals surface area contributed by atoms with Gasteiger partial charge in [0, 0.05) is 11.6 Å². The van der Waals surface area contributed by atoms with E-state index < -0.39 is 0 Å². The molecule has 0 fully saturated rings. The highest BCUT2D eigenvalue weighted by Gasteiger charge is 2.13. The molecule has 0 heterocycles. The third-order valence-corrected chi connectivity index (χ3v) is 6.04. The lowest BCUT2D eigenvalue weighted by Gasteiger charge is -2.13. The van der Waals surface area contributed by atoms with Crippen molar-refractivity contribution in [3.05, 3.63) is 45.9 Å². The predicted molar refractivity (Wildman–Crippen MR) is 104 cm³/mol. The van der Waals surface area contributed by atoms with E-state index in [9.17, 15) is 0 Å². The zero-order chi connectivity index (χ0) is 14.2. The van der Waals surface area contributed by atoms with E-state index in [1.165, 1.54) is 23.8 Å². The molecule has 0 aromatic heterocycles. The molecule has 0 aliphatic heterocycles. The van der Waals surface area contributed by atoms with Crippen LogP contribution in [0.2, 0.25) is 0 Å². The normalized spacial score (nSPS) is 10.6. The summed E-state index contributed by atoms with van der Waals surface area (Å²) in [5.41, 5.74) is 3.66. The van der Waals surface area contributed by atoms with E-state index in [1.807, 2.05) is 0 Å². The fraction of sp³-hybridized carbons (Fsp3) is 0.143. The lowest BCUT2D eigenvalue weighted by atomic mass is 10.0. The molecular weight excluding hydrogens is 598 g/mol. The summed E-state index contributed by atoms with van der Waals surface area (Å²) >= 11 is 11.8. The zero-order valence-electron chi connectivity index (χ0n) is 10.2. The van der Waals surface area contributed by atoms with Crippen molar-refractivity contribution < 1.29 is 4.74 Å². The Morgan fingerprint density at radius 1 is 0.895 bits per heavy atom. The van der Waals surface area contributed by atoms with Gasteiger partial charge < -0.3 is 4.74 Å². The number of methoxy groups -OCH3 is 1. The van der Waals surface area contributed by atoms with Gasteiger partial charge in [-0.15, -0.1) is 0 Å². The first kappa shape index (κ1) is 16.0. The predicted octanol–water partition coefficient (Wildman–Crippen LogP) is 6.40. The van der Waals surface area contributed by atoms with Crippen molar-refractivity contribution in [1.29, 1.82) is 0 Å². The van der Waals surface area contributed by atoms with E-state index in [2.05, 4.69) is 108 Å². The Hall–Kier alpha value is 0.660. The standard InChI is InChI=1S/C14H10Br2I2O/c1-7-3-8(12(17)5-10(7)15)9-4-14(19-2)11(16)6-13(9)18/h3-6H,1-2H3. The van der Waals surface area contributed by atoms with E-state index in [-0.39, 0.29) is 0 Å². The highest BCUT2D eigenvalue weighted by Crippen LogP contribution is 2.38. The maximum absolute atomic E-state index is 5.39. The van der Waals surface area contributed by atoms with Crippen LogP contribution in [0.3, 0.4) is 0 Å². The largest absolute Gasteiger partial charge is 0.496 e. The maximum atomic E-state index is 5.39. The second kappa shape index (κ2) is 6.62. The summed E-state index contributed by atoms with van der Waals surface area (Å²) < 4.78 is 9.93. The van der Waals surface area contributed by atoms with Crippen LogP contribution in [0, 0.1) is 14.1 Å². The number of ether oxygens (including phenoxy) is 1. The Morgan fingerprint density at radius 2 is 1.42 bits per heavy atom. The molecule has 19 heavy (non-hydrogen) atoms. The zero-order valence-corrected chi connectivity index (χ0v) is 17.7. The van der Waals surface area contributed by atoms with Crippen molar-refractivity contribution in [2.24, 2.45) is 0 Å². The molecule has 2 aromatic carbocycles. The lowest BCUT2D eigenvalue weighted by molar-refractivity contribution is 0.412. The number of benzene rings is 2. The molecule has 0 amide bonds. The minimum absolute atomic E-state index is 0.854. The summed E-state index contributed by atoms with van der Waals surface area (Å²) in [5.74, 6) is 0.854. The highest BCUT2D eigenvalue weighted by atomic mass is 127. The van der Waals surface area contributed by atoms with Crippen molar-refractivity contribution >= 4 is 77.0 Å². The summed E-state index contributed by atoms with van der Waals surface area (Å²) in [5, 5.41) is 0. The monoisotopic (exact) mass is 606 g/mol. The molecule has 2 aromatic rings. The van der Waals surface area contributed by atoms with Gasteiger partial charge in [-0.25, -0.2) is 0 Å². The Balaban J connectivity index is 2.68. The van der Waals surface area contributed by atoms with Crippen LogP contribution >= 0.6 is 77.0 Å². The highest BCUT2D eigenvalue weighted by molar-refractivity contribution is 14.1. The molecule has 0 aliphatic rings. The molecular formula is C14H10Br2I2O. The van der Waals surface area contributed by atoms with Crippen molar-refractivity contribution in [2.75, 3.05) is 7.11 Å². The van der Waals surface area contributed by atoms with Crippen molar-refractivity contribution in [3.8, 4) is 16.9 Å². The number of hydrogen-bond acceptors (Lipinski definition) is 1. The Morgan fingerprint density at radius 3 is 2.00 bits per heavy atom. The van der Waals surface area contributed by atoms with Crippen LogP contribution in [0.4, 0.5) is 0 Å². The number of halogens is 4. The van der Waals surface area contributed by atoms with Gasteiger partial charge >= 0.3 is 0 Å². The van der Waals surface area contributed by atoms with Gasteiger partial charge in [-0.1, -0.05) is 15.9 Å². The second-order valence-corrected chi connectivity index (χ2v) is 8.08. The van der Waals surface area contributed by atoms with E-state index in [1.54, 1.807) is 7.11 Å². The topological polar surface area (TPSA) is 9.23 Å². The number of rotatable bonds is 2. The molecule has 0 N–H and O–H groups in total. The smallest absolute Gasteiger partial charge is 0.133 e. The van der Waals surface area contributed by atoms with Gasteiger partial charge in [-0.3, -0.25) is 0 Å². The summed E-state index contributed by atoms with van der Waals surface area (Å²) in [6.07, 6.45) is 0. The van der Waals surface area contributed by atoms with Gasteiger partial charge in [-0.05, 0) is 109 Å². The average molecular weight is 608 g/mol. The van der Waals surface area contributed by atoms with Gasteiger partial charge in [0.25, 0.3) is 0 Å². The molecule has 5 heteroatoms. The molecule has 0 bridgehead atoms. The summed E-state index contributed by atoms with van der Waals surface area (Å²) in [7, 11) is 1.69. The maximum Gasteiger partial charge on any atom is 0.133 e. The quantitative estimate of drug-likeness (QED) is 0.359. The number of hydrogen-bond donors (Lipinski definition) is 0. The van der Waals surface area contributed by atoms with Crippen LogP contribution in [0.15, 0.2) is 33.2 Å². The first-order valence-electron chi connectivity index (χ1n) is 5.43. The van der Waals surface area contributed by atoms with Crippen LogP contribution in [-0.4, -0.2) is 7.11 Å². The summed E-state index contributed by atoms with van der Waals surface area (Å²) in [6.45, 7) is 2.10. The first-order valence-corrected chi connectivity index (χ1v) is 9.17. The second-order valence-electron chi connectivity index (χ2n) is 4.05. The van der Waals surface area contributed by atoms with E-state index in [0.717, 1.165) is 14.7 Å². The fourth-order valence-electron chi connectivity index (χ4n) is 1.76. The van der Waals surface area contributed by atoms with E-state index in [0.29, 0.717) is 0 Å². The van der Waals surface area contributed by atoms with E-state index >= 15 is 0 Å². The van der Waals surface area contributed by atoms with Gasteiger partial charge in [0.1, 0.15) is 5.75 Å². The molecule has 2 rings (SSSR count). The molecule has 1 nitrogen and oxygen atoms in total. The first-order chi connectivity index (χ1) is 8.93. The van der Waals surface area contributed by atoms with E-state index in [4.69, 9.17) is 4.74 Å². The third-order valence-electron chi connectivity index (χ3n) is 2.78. The number of aryl methyl sites for hydroxylation is 1. The summed E-state index contributed by atoms with van der Waals surface area (Å²) in [4.78, 5) is 0. The third kappa shape index (κ3) is 3.47. The van der Waals surface area contributed by atoms with Gasteiger partial charge in [0.15, 0.2) is 0 Å². The van der Waals surface area contributed by atoms with Crippen molar-refractivity contribution in [1.82, 2.24) is 0 Å².